The van der Waals surface area contributed by atoms with Gasteiger partial charge < -0.3 is 10.5 Å². The fourth-order valence-electron chi connectivity index (χ4n) is 2.44. The van der Waals surface area contributed by atoms with Crippen LogP contribution in [-0.4, -0.2) is 38.5 Å². The van der Waals surface area contributed by atoms with Crippen LogP contribution in [0.5, 0.6) is 0 Å². The maximum Gasteiger partial charge on any atom is 0.245 e. The highest BCUT2D eigenvalue weighted by molar-refractivity contribution is 9.10. The molecule has 0 aliphatic carbocycles. The SMILES string of the molecule is CCCOC1CCCN(S(=O)(=O)c2ccc(Br)cc2N)C1. The second-order valence-corrected chi connectivity index (χ2v) is 8.00. The van der Waals surface area contributed by atoms with E-state index in [2.05, 4.69) is 15.9 Å². The van der Waals surface area contributed by atoms with Crippen LogP contribution in [0, 0.1) is 0 Å². The Balaban J connectivity index is 2.18. The molecule has 1 atom stereocenters. The van der Waals surface area contributed by atoms with Gasteiger partial charge >= 0.3 is 0 Å². The maximum atomic E-state index is 12.7. The van der Waals surface area contributed by atoms with Crippen molar-refractivity contribution < 1.29 is 13.2 Å². The lowest BCUT2D eigenvalue weighted by Crippen LogP contribution is -2.43. The monoisotopic (exact) mass is 376 g/mol. The fraction of sp³-hybridized carbons (Fsp3) is 0.571. The third-order valence-corrected chi connectivity index (χ3v) is 5.92. The zero-order chi connectivity index (χ0) is 15.5. The molecule has 0 saturated carbocycles. The topological polar surface area (TPSA) is 72.6 Å². The predicted molar refractivity (Wildman–Crippen MR) is 86.6 cm³/mol. The standard InChI is InChI=1S/C14H21BrN2O3S/c1-2-8-20-12-4-3-7-17(10-12)21(18,19)14-6-5-11(15)9-13(14)16/h5-6,9,12H,2-4,7-8,10,16H2,1H3. The summed E-state index contributed by atoms with van der Waals surface area (Å²) in [5.41, 5.74) is 6.13. The Labute approximate surface area is 134 Å². The molecular formula is C14H21BrN2O3S. The van der Waals surface area contributed by atoms with Crippen molar-refractivity contribution in [3.63, 3.8) is 0 Å². The molecule has 5 nitrogen and oxygen atoms in total. The van der Waals surface area contributed by atoms with Gasteiger partial charge in [-0.2, -0.15) is 4.31 Å². The van der Waals surface area contributed by atoms with E-state index in [1.165, 1.54) is 4.31 Å². The lowest BCUT2D eigenvalue weighted by Gasteiger charge is -2.32. The number of ether oxygens (including phenoxy) is 1. The summed E-state index contributed by atoms with van der Waals surface area (Å²) in [6, 6.07) is 4.85. The van der Waals surface area contributed by atoms with Crippen molar-refractivity contribution in [3.8, 4) is 0 Å². The number of benzene rings is 1. The van der Waals surface area contributed by atoms with Gasteiger partial charge in [0.15, 0.2) is 0 Å². The summed E-state index contributed by atoms with van der Waals surface area (Å²) in [5, 5.41) is 0. The Morgan fingerprint density at radius 3 is 2.90 bits per heavy atom. The molecule has 118 valence electrons. The van der Waals surface area contributed by atoms with Gasteiger partial charge in [0, 0.05) is 24.2 Å². The Morgan fingerprint density at radius 2 is 2.24 bits per heavy atom. The fourth-order valence-corrected chi connectivity index (χ4v) is 4.42. The maximum absolute atomic E-state index is 12.7. The average molecular weight is 377 g/mol. The number of nitrogens with two attached hydrogens (primary N) is 1. The molecule has 21 heavy (non-hydrogen) atoms. The van der Waals surface area contributed by atoms with Crippen molar-refractivity contribution in [2.24, 2.45) is 0 Å². The van der Waals surface area contributed by atoms with Crippen molar-refractivity contribution in [1.82, 2.24) is 4.31 Å². The van der Waals surface area contributed by atoms with E-state index in [0.717, 1.165) is 23.7 Å². The summed E-state index contributed by atoms with van der Waals surface area (Å²) >= 11 is 3.29. The normalized spacial score (nSPS) is 20.6. The van der Waals surface area contributed by atoms with Crippen molar-refractivity contribution in [3.05, 3.63) is 22.7 Å². The number of piperidine rings is 1. The van der Waals surface area contributed by atoms with E-state index in [1.807, 2.05) is 6.92 Å². The molecule has 1 unspecified atom stereocenters. The van der Waals surface area contributed by atoms with Gasteiger partial charge in [-0.25, -0.2) is 8.42 Å². The third-order valence-electron chi connectivity index (χ3n) is 3.49. The van der Waals surface area contributed by atoms with Crippen molar-refractivity contribution in [2.75, 3.05) is 25.4 Å². The lowest BCUT2D eigenvalue weighted by molar-refractivity contribution is 0.0193. The minimum atomic E-state index is -3.56. The van der Waals surface area contributed by atoms with Crippen LogP contribution >= 0.6 is 15.9 Å². The number of sulfonamides is 1. The van der Waals surface area contributed by atoms with Gasteiger partial charge in [0.2, 0.25) is 10.0 Å². The van der Waals surface area contributed by atoms with E-state index in [4.69, 9.17) is 10.5 Å². The van der Waals surface area contributed by atoms with E-state index < -0.39 is 10.0 Å². The smallest absolute Gasteiger partial charge is 0.245 e. The first-order chi connectivity index (χ1) is 9.95. The largest absolute Gasteiger partial charge is 0.398 e. The molecule has 2 rings (SSSR count). The number of nitrogen functional groups attached to an aromatic ring is 1. The molecule has 1 saturated heterocycles. The minimum absolute atomic E-state index is 0.0230. The van der Waals surface area contributed by atoms with Gasteiger partial charge in [0.25, 0.3) is 0 Å². The highest BCUT2D eigenvalue weighted by atomic mass is 79.9. The number of nitrogens with zero attached hydrogens (tertiary/aromatic N) is 1. The highest BCUT2D eigenvalue weighted by Crippen LogP contribution is 2.28. The van der Waals surface area contributed by atoms with Crippen molar-refractivity contribution in [2.45, 2.75) is 37.2 Å². The number of hydrogen-bond donors (Lipinski definition) is 1. The van der Waals surface area contributed by atoms with E-state index in [0.29, 0.717) is 19.7 Å². The second-order valence-electron chi connectivity index (χ2n) is 5.18. The first kappa shape index (κ1) is 16.7. The molecule has 0 spiro atoms. The highest BCUT2D eigenvalue weighted by Gasteiger charge is 2.31. The summed E-state index contributed by atoms with van der Waals surface area (Å²) in [6.45, 7) is 3.63. The molecule has 1 aliphatic heterocycles. The van der Waals surface area contributed by atoms with E-state index in [1.54, 1.807) is 18.2 Å². The van der Waals surface area contributed by atoms with Crippen molar-refractivity contribution in [1.29, 1.82) is 0 Å². The van der Waals surface area contributed by atoms with Crippen LogP contribution in [0.1, 0.15) is 26.2 Å². The molecule has 0 aromatic heterocycles. The van der Waals surface area contributed by atoms with E-state index in [-0.39, 0.29) is 16.7 Å². The van der Waals surface area contributed by atoms with Crippen LogP contribution in [-0.2, 0) is 14.8 Å². The zero-order valence-corrected chi connectivity index (χ0v) is 14.5. The number of halogens is 1. The number of rotatable bonds is 5. The second kappa shape index (κ2) is 7.09. The third kappa shape index (κ3) is 3.97. The molecule has 1 aromatic carbocycles. The van der Waals surface area contributed by atoms with Gasteiger partial charge in [-0.1, -0.05) is 22.9 Å². The van der Waals surface area contributed by atoms with Gasteiger partial charge in [-0.15, -0.1) is 0 Å². The van der Waals surface area contributed by atoms with Crippen LogP contribution in [0.15, 0.2) is 27.6 Å². The molecule has 1 fully saturated rings. The first-order valence-corrected chi connectivity index (χ1v) is 9.35. The van der Waals surface area contributed by atoms with Crippen molar-refractivity contribution >= 4 is 31.6 Å². The molecule has 1 heterocycles. The van der Waals surface area contributed by atoms with Crippen LogP contribution in [0.3, 0.4) is 0 Å². The van der Waals surface area contributed by atoms with Gasteiger partial charge in [0.05, 0.1) is 11.8 Å². The molecule has 0 radical (unpaired) electrons. The Kier molecular flexibility index (Phi) is 5.65. The summed E-state index contributed by atoms with van der Waals surface area (Å²) in [7, 11) is -3.56. The van der Waals surface area contributed by atoms with Gasteiger partial charge in [-0.05, 0) is 37.5 Å². The van der Waals surface area contributed by atoms with Crippen LogP contribution in [0.2, 0.25) is 0 Å². The molecule has 1 aliphatic rings. The Bertz CT molecular complexity index is 592. The molecule has 7 heteroatoms. The zero-order valence-electron chi connectivity index (χ0n) is 12.1. The van der Waals surface area contributed by atoms with Gasteiger partial charge in [-0.3, -0.25) is 0 Å². The minimum Gasteiger partial charge on any atom is -0.398 e. The quantitative estimate of drug-likeness (QED) is 0.801. The van der Waals surface area contributed by atoms with E-state index in [9.17, 15) is 8.42 Å². The lowest BCUT2D eigenvalue weighted by atomic mass is 10.1. The summed E-state index contributed by atoms with van der Waals surface area (Å²) < 4.78 is 33.4. The van der Waals surface area contributed by atoms with E-state index >= 15 is 0 Å². The summed E-state index contributed by atoms with van der Waals surface area (Å²) in [6.07, 6.45) is 2.62. The Hall–Kier alpha value is -0.630. The molecule has 0 amide bonds. The van der Waals surface area contributed by atoms with Crippen LogP contribution in [0.4, 0.5) is 5.69 Å². The summed E-state index contributed by atoms with van der Waals surface area (Å²) in [4.78, 5) is 0.168. The number of anilines is 1. The predicted octanol–water partition coefficient (Wildman–Crippen LogP) is 2.61. The summed E-state index contributed by atoms with van der Waals surface area (Å²) in [5.74, 6) is 0. The first-order valence-electron chi connectivity index (χ1n) is 7.12. The van der Waals surface area contributed by atoms with Crippen LogP contribution < -0.4 is 5.73 Å². The number of hydrogen-bond acceptors (Lipinski definition) is 4. The molecule has 2 N–H and O–H groups in total. The van der Waals surface area contributed by atoms with Gasteiger partial charge in [0.1, 0.15) is 4.90 Å². The molecular weight excluding hydrogens is 356 g/mol. The van der Waals surface area contributed by atoms with Crippen LogP contribution in [0.25, 0.3) is 0 Å². The Morgan fingerprint density at radius 1 is 1.48 bits per heavy atom. The molecule has 0 bridgehead atoms. The molecule has 1 aromatic rings. The average Bonchev–Trinajstić information content (AvgIpc) is 2.45.